The molecule has 0 radical (unpaired) electrons. The van der Waals surface area contributed by atoms with Gasteiger partial charge in [0.2, 0.25) is 0 Å². The molecule has 0 aliphatic carbocycles. The zero-order valence-electron chi connectivity index (χ0n) is 9.58. The van der Waals surface area contributed by atoms with Gasteiger partial charge in [0.25, 0.3) is 0 Å². The highest BCUT2D eigenvalue weighted by Crippen LogP contribution is 2.17. The maximum absolute atomic E-state index is 9.67. The van der Waals surface area contributed by atoms with Crippen molar-refractivity contribution in [3.8, 4) is 5.75 Å². The summed E-state index contributed by atoms with van der Waals surface area (Å²) in [5, 5.41) is 9.67. The first-order chi connectivity index (χ1) is 6.93. The van der Waals surface area contributed by atoms with Gasteiger partial charge in [-0.25, -0.2) is 0 Å². The molecule has 0 bridgehead atoms. The Morgan fingerprint density at radius 2 is 1.80 bits per heavy atom. The van der Waals surface area contributed by atoms with E-state index >= 15 is 0 Å². The van der Waals surface area contributed by atoms with Crippen molar-refractivity contribution in [1.82, 2.24) is 0 Å². The Morgan fingerprint density at radius 3 is 2.27 bits per heavy atom. The minimum atomic E-state index is -0.961. The van der Waals surface area contributed by atoms with Gasteiger partial charge in [-0.1, -0.05) is 6.07 Å². The molecule has 3 nitrogen and oxygen atoms in total. The van der Waals surface area contributed by atoms with Crippen molar-refractivity contribution < 1.29 is 9.84 Å². The molecule has 0 aromatic heterocycles. The molecule has 84 valence electrons. The van der Waals surface area contributed by atoms with Gasteiger partial charge in [-0.2, -0.15) is 0 Å². The van der Waals surface area contributed by atoms with Crippen molar-refractivity contribution >= 4 is 0 Å². The quantitative estimate of drug-likeness (QED) is 0.788. The zero-order chi connectivity index (χ0) is 11.5. The van der Waals surface area contributed by atoms with E-state index in [9.17, 15) is 5.11 Å². The maximum atomic E-state index is 9.67. The van der Waals surface area contributed by atoms with E-state index in [1.54, 1.807) is 6.92 Å². The number of benzene rings is 1. The van der Waals surface area contributed by atoms with Gasteiger partial charge in [0, 0.05) is 6.54 Å². The molecule has 1 rings (SSSR count). The van der Waals surface area contributed by atoms with Crippen LogP contribution in [0.3, 0.4) is 0 Å². The lowest BCUT2D eigenvalue weighted by Crippen LogP contribution is -2.40. The number of aryl methyl sites for hydroxylation is 2. The Labute approximate surface area is 90.9 Å². The predicted molar refractivity (Wildman–Crippen MR) is 61.1 cm³/mol. The molecule has 1 aromatic rings. The molecular formula is C12H19NO2. The lowest BCUT2D eigenvalue weighted by molar-refractivity contribution is 0.0195. The van der Waals surface area contributed by atoms with Crippen LogP contribution in [0.4, 0.5) is 0 Å². The minimum Gasteiger partial charge on any atom is -0.491 e. The minimum absolute atomic E-state index is 0.192. The van der Waals surface area contributed by atoms with Crippen LogP contribution in [0.15, 0.2) is 18.2 Å². The fraction of sp³-hybridized carbons (Fsp3) is 0.500. The zero-order valence-corrected chi connectivity index (χ0v) is 9.58. The van der Waals surface area contributed by atoms with Crippen LogP contribution in [0, 0.1) is 13.8 Å². The summed E-state index contributed by atoms with van der Waals surface area (Å²) in [5.74, 6) is 0.779. The Bertz CT molecular complexity index is 314. The molecule has 0 heterocycles. The van der Waals surface area contributed by atoms with Crippen molar-refractivity contribution in [2.24, 2.45) is 5.73 Å². The van der Waals surface area contributed by atoms with Crippen molar-refractivity contribution in [3.63, 3.8) is 0 Å². The molecule has 1 unspecified atom stereocenters. The van der Waals surface area contributed by atoms with E-state index in [4.69, 9.17) is 10.5 Å². The summed E-state index contributed by atoms with van der Waals surface area (Å²) in [4.78, 5) is 0. The SMILES string of the molecule is Cc1cc(C)cc(OCC(C)(O)CN)c1. The van der Waals surface area contributed by atoms with Gasteiger partial charge >= 0.3 is 0 Å². The monoisotopic (exact) mass is 209 g/mol. The third-order valence-electron chi connectivity index (χ3n) is 2.18. The average Bonchev–Trinajstić information content (AvgIpc) is 2.14. The highest BCUT2D eigenvalue weighted by atomic mass is 16.5. The molecule has 0 saturated carbocycles. The molecule has 0 spiro atoms. The third kappa shape index (κ3) is 3.90. The van der Waals surface area contributed by atoms with Crippen LogP contribution < -0.4 is 10.5 Å². The van der Waals surface area contributed by atoms with Gasteiger partial charge in [0.1, 0.15) is 18.0 Å². The highest BCUT2D eigenvalue weighted by Gasteiger charge is 2.18. The second kappa shape index (κ2) is 4.64. The van der Waals surface area contributed by atoms with Crippen LogP contribution in [0.25, 0.3) is 0 Å². The van der Waals surface area contributed by atoms with Crippen molar-refractivity contribution in [2.75, 3.05) is 13.2 Å². The number of hydrogen-bond acceptors (Lipinski definition) is 3. The summed E-state index contributed by atoms with van der Waals surface area (Å²) >= 11 is 0. The number of rotatable bonds is 4. The molecule has 0 aliphatic rings. The standard InChI is InChI=1S/C12H19NO2/c1-9-4-10(2)6-11(5-9)15-8-12(3,14)7-13/h4-6,14H,7-8,13H2,1-3H3. The van der Waals surface area contributed by atoms with Gasteiger partial charge < -0.3 is 15.6 Å². The molecule has 1 atom stereocenters. The van der Waals surface area contributed by atoms with Crippen LogP contribution >= 0.6 is 0 Å². The van der Waals surface area contributed by atoms with E-state index < -0.39 is 5.60 Å². The van der Waals surface area contributed by atoms with Gasteiger partial charge in [-0.15, -0.1) is 0 Å². The lowest BCUT2D eigenvalue weighted by atomic mass is 10.1. The summed E-state index contributed by atoms with van der Waals surface area (Å²) in [7, 11) is 0. The molecule has 0 fully saturated rings. The number of aliphatic hydroxyl groups is 1. The molecule has 1 aromatic carbocycles. The topological polar surface area (TPSA) is 55.5 Å². The summed E-state index contributed by atoms with van der Waals surface area (Å²) in [6, 6.07) is 5.97. The Hall–Kier alpha value is -1.06. The van der Waals surface area contributed by atoms with E-state index in [2.05, 4.69) is 6.07 Å². The molecular weight excluding hydrogens is 190 g/mol. The van der Waals surface area contributed by atoms with Crippen LogP contribution in [0.1, 0.15) is 18.1 Å². The van der Waals surface area contributed by atoms with E-state index in [0.29, 0.717) is 0 Å². The summed E-state index contributed by atoms with van der Waals surface area (Å²) in [6.45, 7) is 6.10. The summed E-state index contributed by atoms with van der Waals surface area (Å²) in [5.41, 5.74) is 6.74. The van der Waals surface area contributed by atoms with Gasteiger partial charge in [-0.3, -0.25) is 0 Å². The Kier molecular flexibility index (Phi) is 3.72. The summed E-state index contributed by atoms with van der Waals surface area (Å²) < 4.78 is 5.49. The van der Waals surface area contributed by atoms with Gasteiger partial charge in [0.05, 0.1) is 0 Å². The van der Waals surface area contributed by atoms with Crippen molar-refractivity contribution in [1.29, 1.82) is 0 Å². The molecule has 0 saturated heterocycles. The first-order valence-corrected chi connectivity index (χ1v) is 5.06. The van der Waals surface area contributed by atoms with E-state index in [-0.39, 0.29) is 13.2 Å². The first kappa shape index (κ1) is 12.0. The number of hydrogen-bond donors (Lipinski definition) is 2. The summed E-state index contributed by atoms with van der Waals surface area (Å²) in [6.07, 6.45) is 0. The smallest absolute Gasteiger partial charge is 0.119 e. The first-order valence-electron chi connectivity index (χ1n) is 5.06. The van der Waals surface area contributed by atoms with Crippen molar-refractivity contribution in [2.45, 2.75) is 26.4 Å². The van der Waals surface area contributed by atoms with Gasteiger partial charge in [-0.05, 0) is 44.0 Å². The van der Waals surface area contributed by atoms with Gasteiger partial charge in [0.15, 0.2) is 0 Å². The fourth-order valence-electron chi connectivity index (χ4n) is 1.31. The van der Waals surface area contributed by atoms with Crippen LogP contribution in [-0.4, -0.2) is 23.9 Å². The molecule has 0 aliphatic heterocycles. The largest absolute Gasteiger partial charge is 0.491 e. The third-order valence-corrected chi connectivity index (χ3v) is 2.18. The fourth-order valence-corrected chi connectivity index (χ4v) is 1.31. The normalized spacial score (nSPS) is 14.7. The molecule has 3 heteroatoms. The van der Waals surface area contributed by atoms with Crippen LogP contribution in [0.5, 0.6) is 5.75 Å². The highest BCUT2D eigenvalue weighted by molar-refractivity contribution is 5.33. The average molecular weight is 209 g/mol. The number of ether oxygens (including phenoxy) is 1. The van der Waals surface area contributed by atoms with E-state index in [1.807, 2.05) is 26.0 Å². The number of nitrogens with two attached hydrogens (primary N) is 1. The molecule has 0 amide bonds. The van der Waals surface area contributed by atoms with Crippen LogP contribution in [0.2, 0.25) is 0 Å². The second-order valence-corrected chi connectivity index (χ2v) is 4.31. The van der Waals surface area contributed by atoms with Crippen molar-refractivity contribution in [3.05, 3.63) is 29.3 Å². The Morgan fingerprint density at radius 1 is 1.27 bits per heavy atom. The Balaban J connectivity index is 2.65. The van der Waals surface area contributed by atoms with E-state index in [1.165, 1.54) is 0 Å². The predicted octanol–water partition coefficient (Wildman–Crippen LogP) is 1.39. The van der Waals surface area contributed by atoms with Crippen LogP contribution in [-0.2, 0) is 0 Å². The second-order valence-electron chi connectivity index (χ2n) is 4.31. The van der Waals surface area contributed by atoms with E-state index in [0.717, 1.165) is 16.9 Å². The maximum Gasteiger partial charge on any atom is 0.119 e. The lowest BCUT2D eigenvalue weighted by Gasteiger charge is -2.21. The molecule has 3 N–H and O–H groups in total. The molecule has 15 heavy (non-hydrogen) atoms.